The highest BCUT2D eigenvalue weighted by Gasteiger charge is 2.17. The molecule has 0 heterocycles. The van der Waals surface area contributed by atoms with Gasteiger partial charge in [-0.1, -0.05) is 41.1 Å². The van der Waals surface area contributed by atoms with E-state index in [1.807, 2.05) is 6.92 Å². The van der Waals surface area contributed by atoms with E-state index in [0.29, 0.717) is 16.6 Å². The Morgan fingerprint density at radius 3 is 2.37 bits per heavy atom. The van der Waals surface area contributed by atoms with E-state index in [9.17, 15) is 8.78 Å². The molecule has 2 aromatic rings. The standard InChI is InChI=1S/C15H14BrF2N/c1-2-19-15(10-3-6-12(17)7-4-10)13-8-5-11(16)9-14(13)18/h3-9,15,19H,2H2,1H3. The molecular weight excluding hydrogens is 312 g/mol. The Kier molecular flexibility index (Phi) is 4.66. The highest BCUT2D eigenvalue weighted by molar-refractivity contribution is 9.10. The lowest BCUT2D eigenvalue weighted by atomic mass is 9.98. The average Bonchev–Trinajstić information content (AvgIpc) is 2.38. The van der Waals surface area contributed by atoms with Gasteiger partial charge in [-0.25, -0.2) is 8.78 Å². The molecule has 1 N–H and O–H groups in total. The zero-order valence-corrected chi connectivity index (χ0v) is 12.0. The third kappa shape index (κ3) is 3.39. The zero-order valence-electron chi connectivity index (χ0n) is 10.5. The second kappa shape index (κ2) is 6.26. The molecule has 0 bridgehead atoms. The van der Waals surface area contributed by atoms with Crippen molar-refractivity contribution >= 4 is 15.9 Å². The van der Waals surface area contributed by atoms with Gasteiger partial charge in [0, 0.05) is 10.0 Å². The van der Waals surface area contributed by atoms with Gasteiger partial charge in [0.15, 0.2) is 0 Å². The highest BCUT2D eigenvalue weighted by Crippen LogP contribution is 2.26. The Morgan fingerprint density at radius 1 is 1.11 bits per heavy atom. The fourth-order valence-electron chi connectivity index (χ4n) is 2.00. The van der Waals surface area contributed by atoms with Crippen molar-refractivity contribution in [3.05, 3.63) is 69.7 Å². The van der Waals surface area contributed by atoms with Crippen LogP contribution in [0.5, 0.6) is 0 Å². The van der Waals surface area contributed by atoms with Crippen molar-refractivity contribution in [3.8, 4) is 0 Å². The average molecular weight is 326 g/mol. The fraction of sp³-hybridized carbons (Fsp3) is 0.200. The summed E-state index contributed by atoms with van der Waals surface area (Å²) in [5.41, 5.74) is 1.39. The first-order valence-electron chi connectivity index (χ1n) is 6.05. The summed E-state index contributed by atoms with van der Waals surface area (Å²) in [6.07, 6.45) is 0. The van der Waals surface area contributed by atoms with Crippen LogP contribution in [0.1, 0.15) is 24.1 Å². The molecule has 0 aromatic heterocycles. The van der Waals surface area contributed by atoms with Gasteiger partial charge in [-0.05, 0) is 36.4 Å². The quantitative estimate of drug-likeness (QED) is 0.877. The summed E-state index contributed by atoms with van der Waals surface area (Å²) < 4.78 is 27.7. The molecule has 2 aromatic carbocycles. The van der Waals surface area contributed by atoms with Crippen LogP contribution in [-0.2, 0) is 0 Å². The van der Waals surface area contributed by atoms with Crippen LogP contribution >= 0.6 is 15.9 Å². The van der Waals surface area contributed by atoms with Crippen LogP contribution in [0.2, 0.25) is 0 Å². The number of nitrogens with one attached hydrogen (secondary N) is 1. The van der Waals surface area contributed by atoms with E-state index >= 15 is 0 Å². The summed E-state index contributed by atoms with van der Waals surface area (Å²) in [4.78, 5) is 0. The maximum absolute atomic E-state index is 14.0. The minimum absolute atomic E-state index is 0.279. The molecule has 0 radical (unpaired) electrons. The Labute approximate surface area is 119 Å². The molecule has 19 heavy (non-hydrogen) atoms. The van der Waals surface area contributed by atoms with Crippen LogP contribution < -0.4 is 5.32 Å². The molecule has 0 spiro atoms. The van der Waals surface area contributed by atoms with Gasteiger partial charge >= 0.3 is 0 Å². The van der Waals surface area contributed by atoms with Crippen molar-refractivity contribution < 1.29 is 8.78 Å². The predicted molar refractivity (Wildman–Crippen MR) is 76.0 cm³/mol. The summed E-state index contributed by atoms with van der Waals surface area (Å²) in [7, 11) is 0. The molecule has 1 unspecified atom stereocenters. The zero-order chi connectivity index (χ0) is 13.8. The van der Waals surface area contributed by atoms with E-state index in [0.717, 1.165) is 5.56 Å². The topological polar surface area (TPSA) is 12.0 Å². The van der Waals surface area contributed by atoms with Gasteiger partial charge in [-0.15, -0.1) is 0 Å². The van der Waals surface area contributed by atoms with Gasteiger partial charge in [0.2, 0.25) is 0 Å². The molecule has 2 rings (SSSR count). The minimum Gasteiger partial charge on any atom is -0.306 e. The summed E-state index contributed by atoms with van der Waals surface area (Å²) in [5.74, 6) is -0.583. The molecule has 0 saturated heterocycles. The van der Waals surface area contributed by atoms with Crippen molar-refractivity contribution in [1.29, 1.82) is 0 Å². The minimum atomic E-state index is -0.296. The van der Waals surface area contributed by atoms with Crippen LogP contribution in [0.15, 0.2) is 46.9 Å². The fourth-order valence-corrected chi connectivity index (χ4v) is 2.34. The molecule has 1 nitrogen and oxygen atoms in total. The number of halogens is 3. The van der Waals surface area contributed by atoms with Crippen LogP contribution in [0.4, 0.5) is 8.78 Å². The van der Waals surface area contributed by atoms with Crippen molar-refractivity contribution in [2.45, 2.75) is 13.0 Å². The first-order chi connectivity index (χ1) is 9.11. The molecule has 0 aliphatic carbocycles. The van der Waals surface area contributed by atoms with Gasteiger partial charge in [-0.3, -0.25) is 0 Å². The largest absolute Gasteiger partial charge is 0.306 e. The third-order valence-electron chi connectivity index (χ3n) is 2.89. The van der Waals surface area contributed by atoms with Crippen LogP contribution in [-0.4, -0.2) is 6.54 Å². The van der Waals surface area contributed by atoms with Crippen LogP contribution in [0, 0.1) is 11.6 Å². The number of rotatable bonds is 4. The Hall–Kier alpha value is -1.26. The number of hydrogen-bond acceptors (Lipinski definition) is 1. The van der Waals surface area contributed by atoms with E-state index in [2.05, 4.69) is 21.2 Å². The Balaban J connectivity index is 2.41. The van der Waals surface area contributed by atoms with Gasteiger partial charge in [0.25, 0.3) is 0 Å². The third-order valence-corrected chi connectivity index (χ3v) is 3.38. The van der Waals surface area contributed by atoms with Gasteiger partial charge < -0.3 is 5.32 Å². The Bertz CT molecular complexity index is 555. The first kappa shape index (κ1) is 14.2. The normalized spacial score (nSPS) is 12.4. The van der Waals surface area contributed by atoms with Gasteiger partial charge in [-0.2, -0.15) is 0 Å². The first-order valence-corrected chi connectivity index (χ1v) is 6.85. The molecule has 0 amide bonds. The van der Waals surface area contributed by atoms with E-state index in [1.165, 1.54) is 18.2 Å². The summed E-state index contributed by atoms with van der Waals surface area (Å²) in [6, 6.07) is 10.8. The van der Waals surface area contributed by atoms with Crippen LogP contribution in [0.3, 0.4) is 0 Å². The van der Waals surface area contributed by atoms with Crippen LogP contribution in [0.25, 0.3) is 0 Å². The lowest BCUT2D eigenvalue weighted by molar-refractivity contribution is 0.557. The second-order valence-corrected chi connectivity index (χ2v) is 5.12. The molecule has 0 fully saturated rings. The number of benzene rings is 2. The molecule has 1 atom stereocenters. The molecule has 100 valence electrons. The smallest absolute Gasteiger partial charge is 0.129 e. The van der Waals surface area contributed by atoms with Crippen molar-refractivity contribution in [1.82, 2.24) is 5.32 Å². The van der Waals surface area contributed by atoms with E-state index in [4.69, 9.17) is 0 Å². The maximum atomic E-state index is 14.0. The van der Waals surface area contributed by atoms with Crippen molar-refractivity contribution in [3.63, 3.8) is 0 Å². The number of hydrogen-bond donors (Lipinski definition) is 1. The summed E-state index contributed by atoms with van der Waals surface area (Å²) in [6.45, 7) is 2.64. The summed E-state index contributed by atoms with van der Waals surface area (Å²) in [5, 5.41) is 3.22. The maximum Gasteiger partial charge on any atom is 0.129 e. The van der Waals surface area contributed by atoms with Gasteiger partial charge in [0.1, 0.15) is 11.6 Å². The lowest BCUT2D eigenvalue weighted by Crippen LogP contribution is -2.23. The van der Waals surface area contributed by atoms with Gasteiger partial charge in [0.05, 0.1) is 6.04 Å². The SMILES string of the molecule is CCNC(c1ccc(F)cc1)c1ccc(Br)cc1F. The van der Waals surface area contributed by atoms with Crippen molar-refractivity contribution in [2.75, 3.05) is 6.54 Å². The highest BCUT2D eigenvalue weighted by atomic mass is 79.9. The second-order valence-electron chi connectivity index (χ2n) is 4.21. The van der Waals surface area contributed by atoms with Crippen molar-refractivity contribution in [2.24, 2.45) is 0 Å². The van der Waals surface area contributed by atoms with E-state index < -0.39 is 0 Å². The monoisotopic (exact) mass is 325 g/mol. The van der Waals surface area contributed by atoms with E-state index in [1.54, 1.807) is 24.3 Å². The molecule has 4 heteroatoms. The molecular formula is C15H14BrF2N. The van der Waals surface area contributed by atoms with E-state index in [-0.39, 0.29) is 17.7 Å². The molecule has 0 aliphatic heterocycles. The lowest BCUT2D eigenvalue weighted by Gasteiger charge is -2.19. The summed E-state index contributed by atoms with van der Waals surface area (Å²) >= 11 is 3.24. The Morgan fingerprint density at radius 2 is 1.79 bits per heavy atom. The predicted octanol–water partition coefficient (Wildman–Crippen LogP) is 4.43. The molecule has 0 saturated carbocycles. The molecule has 0 aliphatic rings.